The molecule has 18 heavy (non-hydrogen) atoms. The van der Waals surface area contributed by atoms with Crippen molar-refractivity contribution in [2.24, 2.45) is 0 Å². The van der Waals surface area contributed by atoms with Gasteiger partial charge in [-0.3, -0.25) is 0 Å². The zero-order chi connectivity index (χ0) is 13.0. The number of aromatic nitrogens is 1. The molecule has 100 valence electrons. The van der Waals surface area contributed by atoms with Crippen LogP contribution < -0.4 is 4.90 Å². The van der Waals surface area contributed by atoms with E-state index < -0.39 is 0 Å². The minimum atomic E-state index is 0.443. The summed E-state index contributed by atoms with van der Waals surface area (Å²) in [6.45, 7) is 3.34. The molecule has 1 aliphatic rings. The van der Waals surface area contributed by atoms with Gasteiger partial charge in [0.25, 0.3) is 0 Å². The van der Waals surface area contributed by atoms with Crippen LogP contribution >= 0.6 is 23.2 Å². The number of hydrogen-bond donors (Lipinski definition) is 0. The Bertz CT molecular complexity index is 395. The zero-order valence-electron chi connectivity index (χ0n) is 10.8. The molecule has 4 heteroatoms. The molecule has 1 aromatic heterocycles. The fourth-order valence-corrected chi connectivity index (χ4v) is 3.09. The van der Waals surface area contributed by atoms with Crippen LogP contribution in [-0.4, -0.2) is 17.6 Å². The number of anilines is 1. The van der Waals surface area contributed by atoms with Crippen molar-refractivity contribution in [3.8, 4) is 0 Å². The number of alkyl halides is 1. The second-order valence-electron chi connectivity index (χ2n) is 4.87. The molecule has 1 atom stereocenters. The molecule has 2 rings (SSSR count). The Morgan fingerprint density at radius 3 is 2.94 bits per heavy atom. The molecular formula is C14H20Cl2N2. The van der Waals surface area contributed by atoms with Crippen molar-refractivity contribution < 1.29 is 0 Å². The van der Waals surface area contributed by atoms with Crippen LogP contribution in [0.3, 0.4) is 0 Å². The van der Waals surface area contributed by atoms with Crippen LogP contribution in [0.5, 0.6) is 0 Å². The molecule has 0 amide bonds. The summed E-state index contributed by atoms with van der Waals surface area (Å²) >= 11 is 12.0. The molecular weight excluding hydrogens is 267 g/mol. The first-order chi connectivity index (χ1) is 8.76. The fraction of sp³-hybridized carbons (Fsp3) is 0.643. The number of hydrogen-bond acceptors (Lipinski definition) is 2. The van der Waals surface area contributed by atoms with Crippen LogP contribution in [0, 0.1) is 0 Å². The number of nitrogens with zero attached hydrogens (tertiary/aromatic N) is 2. The molecule has 2 nitrogen and oxygen atoms in total. The van der Waals surface area contributed by atoms with Gasteiger partial charge in [0.15, 0.2) is 0 Å². The summed E-state index contributed by atoms with van der Waals surface area (Å²) in [7, 11) is 0. The van der Waals surface area contributed by atoms with Crippen molar-refractivity contribution in [3.05, 3.63) is 22.8 Å². The average Bonchev–Trinajstić information content (AvgIpc) is 2.64. The van der Waals surface area contributed by atoms with Gasteiger partial charge in [-0.2, -0.15) is 0 Å². The van der Waals surface area contributed by atoms with Crippen LogP contribution in [0.4, 0.5) is 5.82 Å². The lowest BCUT2D eigenvalue weighted by molar-refractivity contribution is 0.552. The molecule has 0 spiro atoms. The Labute approximate surface area is 119 Å². The van der Waals surface area contributed by atoms with E-state index in [0.717, 1.165) is 17.9 Å². The summed E-state index contributed by atoms with van der Waals surface area (Å²) in [5.74, 6) is 1.47. The molecule has 0 N–H and O–H groups in total. The normalized spacial score (nSPS) is 20.8. The summed E-state index contributed by atoms with van der Waals surface area (Å²) in [4.78, 5) is 6.92. The topological polar surface area (TPSA) is 16.1 Å². The van der Waals surface area contributed by atoms with Crippen LogP contribution in [0.2, 0.25) is 5.02 Å². The van der Waals surface area contributed by atoms with Gasteiger partial charge in [-0.05, 0) is 30.9 Å². The van der Waals surface area contributed by atoms with Crippen molar-refractivity contribution in [1.29, 1.82) is 0 Å². The molecule has 0 bridgehead atoms. The molecule has 1 aromatic rings. The van der Waals surface area contributed by atoms with E-state index in [1.165, 1.54) is 32.1 Å². The largest absolute Gasteiger partial charge is 0.354 e. The molecule has 0 aliphatic carbocycles. The molecule has 1 unspecified atom stereocenters. The molecule has 1 fully saturated rings. The highest BCUT2D eigenvalue weighted by molar-refractivity contribution is 6.32. The summed E-state index contributed by atoms with van der Waals surface area (Å²) < 4.78 is 0. The molecule has 2 heterocycles. The van der Waals surface area contributed by atoms with Gasteiger partial charge in [0.05, 0.1) is 5.02 Å². The number of pyridine rings is 1. The van der Waals surface area contributed by atoms with Crippen LogP contribution in [0.1, 0.15) is 44.6 Å². The number of rotatable bonds is 3. The van der Waals surface area contributed by atoms with Gasteiger partial charge in [0.1, 0.15) is 5.82 Å². The first-order valence-corrected chi connectivity index (χ1v) is 7.64. The molecule has 0 radical (unpaired) electrons. The maximum atomic E-state index is 6.07. The summed E-state index contributed by atoms with van der Waals surface area (Å²) in [6.07, 6.45) is 8.05. The van der Waals surface area contributed by atoms with E-state index in [0.29, 0.717) is 16.9 Å². The Morgan fingerprint density at radius 2 is 2.22 bits per heavy atom. The van der Waals surface area contributed by atoms with Gasteiger partial charge in [0, 0.05) is 24.7 Å². The third kappa shape index (κ3) is 3.10. The van der Waals surface area contributed by atoms with Crippen molar-refractivity contribution in [2.45, 2.75) is 50.9 Å². The quantitative estimate of drug-likeness (QED) is 0.753. The van der Waals surface area contributed by atoms with Crippen LogP contribution in [0.15, 0.2) is 12.3 Å². The minimum Gasteiger partial charge on any atom is -0.354 e. The second-order valence-corrected chi connectivity index (χ2v) is 5.55. The number of halogens is 2. The summed E-state index contributed by atoms with van der Waals surface area (Å²) in [5, 5.41) is 0.664. The average molecular weight is 287 g/mol. The maximum Gasteiger partial charge on any atom is 0.129 e. The Morgan fingerprint density at radius 1 is 1.39 bits per heavy atom. The monoisotopic (exact) mass is 286 g/mol. The van der Waals surface area contributed by atoms with Gasteiger partial charge < -0.3 is 4.90 Å². The minimum absolute atomic E-state index is 0.443. The SMILES string of the molecule is CCC1CCCCCN1c1cc(CCl)c(Cl)cn1. The highest BCUT2D eigenvalue weighted by Gasteiger charge is 2.21. The summed E-state index contributed by atoms with van der Waals surface area (Å²) in [6, 6.07) is 2.65. The molecule has 0 aromatic carbocycles. The van der Waals surface area contributed by atoms with E-state index in [1.807, 2.05) is 6.07 Å². The van der Waals surface area contributed by atoms with Crippen molar-refractivity contribution in [3.63, 3.8) is 0 Å². The summed E-state index contributed by atoms with van der Waals surface area (Å²) in [5.41, 5.74) is 0.974. The van der Waals surface area contributed by atoms with Gasteiger partial charge in [-0.1, -0.05) is 31.4 Å². The predicted molar refractivity (Wildman–Crippen MR) is 78.7 cm³/mol. The van der Waals surface area contributed by atoms with Crippen molar-refractivity contribution in [1.82, 2.24) is 4.98 Å². The second kappa shape index (κ2) is 6.63. The lowest BCUT2D eigenvalue weighted by Gasteiger charge is -2.30. The van der Waals surface area contributed by atoms with E-state index in [2.05, 4.69) is 16.8 Å². The van der Waals surface area contributed by atoms with Gasteiger partial charge >= 0.3 is 0 Å². The van der Waals surface area contributed by atoms with E-state index in [-0.39, 0.29) is 0 Å². The molecule has 1 saturated heterocycles. The third-order valence-electron chi connectivity index (χ3n) is 3.71. The lowest BCUT2D eigenvalue weighted by atomic mass is 10.1. The van der Waals surface area contributed by atoms with Crippen LogP contribution in [-0.2, 0) is 5.88 Å². The standard InChI is InChI=1S/C14H20Cl2N2/c1-2-12-6-4-3-5-7-18(12)14-8-11(9-15)13(16)10-17-14/h8,10,12H,2-7,9H2,1H3. The Balaban J connectivity index is 2.26. The Hall–Kier alpha value is -0.470. The van der Waals surface area contributed by atoms with Gasteiger partial charge in [0.2, 0.25) is 0 Å². The lowest BCUT2D eigenvalue weighted by Crippen LogP contribution is -2.35. The predicted octanol–water partition coefficient (Wildman–Crippen LogP) is 4.63. The van der Waals surface area contributed by atoms with Gasteiger partial charge in [-0.25, -0.2) is 4.98 Å². The van der Waals surface area contributed by atoms with Crippen LogP contribution in [0.25, 0.3) is 0 Å². The van der Waals surface area contributed by atoms with E-state index in [1.54, 1.807) is 6.20 Å². The zero-order valence-corrected chi connectivity index (χ0v) is 12.3. The van der Waals surface area contributed by atoms with Crippen molar-refractivity contribution >= 4 is 29.0 Å². The highest BCUT2D eigenvalue weighted by Crippen LogP contribution is 2.27. The first-order valence-electron chi connectivity index (χ1n) is 6.73. The first kappa shape index (κ1) is 14.0. The van der Waals surface area contributed by atoms with Gasteiger partial charge in [-0.15, -0.1) is 11.6 Å². The molecule has 1 aliphatic heterocycles. The van der Waals surface area contributed by atoms with E-state index in [9.17, 15) is 0 Å². The highest BCUT2D eigenvalue weighted by atomic mass is 35.5. The third-order valence-corrected chi connectivity index (χ3v) is 4.34. The van der Waals surface area contributed by atoms with E-state index >= 15 is 0 Å². The Kier molecular flexibility index (Phi) is 5.13. The van der Waals surface area contributed by atoms with E-state index in [4.69, 9.17) is 23.2 Å². The maximum absolute atomic E-state index is 6.07. The fourth-order valence-electron chi connectivity index (χ4n) is 2.63. The smallest absolute Gasteiger partial charge is 0.129 e. The van der Waals surface area contributed by atoms with Crippen molar-refractivity contribution in [2.75, 3.05) is 11.4 Å². The molecule has 0 saturated carbocycles.